The number of hydrogen-bond donors (Lipinski definition) is 1. The maximum atomic E-state index is 11.2. The number of carbonyl (C=O) groups excluding carboxylic acids is 1. The van der Waals surface area contributed by atoms with Gasteiger partial charge in [-0.25, -0.2) is 18.4 Å². The molecule has 0 bridgehead atoms. The quantitative estimate of drug-likeness (QED) is 0.826. The number of hydrogen-bond acceptors (Lipinski definition) is 6. The van der Waals surface area contributed by atoms with Crippen LogP contribution in [-0.2, 0) is 19.6 Å². The maximum Gasteiger partial charge on any atom is 0.344 e. The lowest BCUT2D eigenvalue weighted by atomic mass is 10.2. The van der Waals surface area contributed by atoms with Crippen molar-refractivity contribution in [2.45, 2.75) is 12.0 Å². The minimum atomic E-state index is -3.94. The summed E-state index contributed by atoms with van der Waals surface area (Å²) in [4.78, 5) is 11.2. The van der Waals surface area contributed by atoms with Gasteiger partial charge in [0.15, 0.2) is 17.9 Å². The Labute approximate surface area is 115 Å². The lowest BCUT2D eigenvalue weighted by molar-refractivity contribution is -0.145. The van der Waals surface area contributed by atoms with Crippen molar-refractivity contribution >= 4 is 27.0 Å². The molecule has 0 amide bonds. The van der Waals surface area contributed by atoms with Gasteiger partial charge in [-0.2, -0.15) is 0 Å². The average molecular weight is 299 g/mol. The van der Waals surface area contributed by atoms with Gasteiger partial charge in [-0.15, -0.1) is 0 Å². The van der Waals surface area contributed by atoms with E-state index in [1.54, 1.807) is 25.1 Å². The van der Waals surface area contributed by atoms with Crippen molar-refractivity contribution in [2.24, 2.45) is 5.14 Å². The molecule has 8 heteroatoms. The Hall–Kier alpha value is -2.06. The summed E-state index contributed by atoms with van der Waals surface area (Å²) in [5, 5.41) is 5.14. The molecule has 2 rings (SSSR count). The molecule has 0 aliphatic rings. The molecule has 0 saturated heterocycles. The normalized spacial score (nSPS) is 11.5. The molecule has 1 aromatic carbocycles. The number of primary sulfonamides is 1. The summed E-state index contributed by atoms with van der Waals surface area (Å²) in [6.07, 6.45) is 0. The number of fused-ring (bicyclic) bond motifs is 1. The molecule has 2 N–H and O–H groups in total. The van der Waals surface area contributed by atoms with Crippen molar-refractivity contribution in [3.05, 3.63) is 24.3 Å². The van der Waals surface area contributed by atoms with Crippen LogP contribution in [0.2, 0.25) is 0 Å². The molecule has 1 heterocycles. The monoisotopic (exact) mass is 299 g/mol. The molecule has 0 radical (unpaired) electrons. The Morgan fingerprint density at radius 1 is 1.40 bits per heavy atom. The first kappa shape index (κ1) is 14.4. The van der Waals surface area contributed by atoms with Gasteiger partial charge in [0.2, 0.25) is 5.09 Å². The summed E-state index contributed by atoms with van der Waals surface area (Å²) in [7, 11) is -3.94. The lowest BCUT2D eigenvalue weighted by Gasteiger charge is -2.05. The van der Waals surface area contributed by atoms with E-state index in [-0.39, 0.29) is 29.6 Å². The number of carbonyl (C=O) groups is 1. The third kappa shape index (κ3) is 3.09. The van der Waals surface area contributed by atoms with Crippen LogP contribution < -0.4 is 9.88 Å². The second-order valence-corrected chi connectivity index (χ2v) is 5.37. The van der Waals surface area contributed by atoms with Crippen LogP contribution in [0.15, 0.2) is 33.8 Å². The standard InChI is InChI=1S/C12H13NO6S/c1-2-17-10(14)7-18-9-5-3-4-8-6-11(19-12(8)9)20(13,15)16/h3-6H,2,7H2,1H3,(H2,13,15,16). The van der Waals surface area contributed by atoms with Crippen molar-refractivity contribution in [1.82, 2.24) is 0 Å². The summed E-state index contributed by atoms with van der Waals surface area (Å²) >= 11 is 0. The Balaban J connectivity index is 2.30. The summed E-state index contributed by atoms with van der Waals surface area (Å²) < 4.78 is 37.6. The van der Waals surface area contributed by atoms with Crippen LogP contribution in [0.4, 0.5) is 0 Å². The number of para-hydroxylation sites is 1. The van der Waals surface area contributed by atoms with Crippen LogP contribution in [0.1, 0.15) is 6.92 Å². The third-order valence-electron chi connectivity index (χ3n) is 2.42. The molecule has 7 nitrogen and oxygen atoms in total. The zero-order valence-electron chi connectivity index (χ0n) is 10.7. The summed E-state index contributed by atoms with van der Waals surface area (Å²) in [5.74, 6) is -0.284. The fourth-order valence-electron chi connectivity index (χ4n) is 1.61. The van der Waals surface area contributed by atoms with Gasteiger partial charge in [-0.1, -0.05) is 12.1 Å². The van der Waals surface area contributed by atoms with E-state index in [1.165, 1.54) is 6.07 Å². The summed E-state index contributed by atoms with van der Waals surface area (Å²) in [5.41, 5.74) is 0.209. The van der Waals surface area contributed by atoms with Crippen molar-refractivity contribution in [2.75, 3.05) is 13.2 Å². The Bertz CT molecular complexity index is 733. The SMILES string of the molecule is CCOC(=O)COc1cccc2cc(S(N)(=O)=O)oc12. The van der Waals surface area contributed by atoms with Crippen LogP contribution in [0, 0.1) is 0 Å². The average Bonchev–Trinajstić information content (AvgIpc) is 2.81. The molecule has 20 heavy (non-hydrogen) atoms. The largest absolute Gasteiger partial charge is 0.478 e. The molecule has 0 fully saturated rings. The third-order valence-corrected chi connectivity index (χ3v) is 3.18. The lowest BCUT2D eigenvalue weighted by Crippen LogP contribution is -2.14. The van der Waals surface area contributed by atoms with Crippen molar-refractivity contribution < 1.29 is 27.1 Å². The highest BCUT2D eigenvalue weighted by Gasteiger charge is 2.17. The smallest absolute Gasteiger partial charge is 0.344 e. The van der Waals surface area contributed by atoms with Gasteiger partial charge in [0.1, 0.15) is 0 Å². The maximum absolute atomic E-state index is 11.2. The first-order valence-electron chi connectivity index (χ1n) is 5.75. The Morgan fingerprint density at radius 3 is 2.80 bits per heavy atom. The fourth-order valence-corrected chi connectivity index (χ4v) is 2.10. The highest BCUT2D eigenvalue weighted by Crippen LogP contribution is 2.30. The summed E-state index contributed by atoms with van der Waals surface area (Å²) in [6, 6.07) is 6.13. The molecule has 108 valence electrons. The molecular weight excluding hydrogens is 286 g/mol. The second kappa shape index (κ2) is 5.51. The second-order valence-electron chi connectivity index (χ2n) is 3.88. The fraction of sp³-hybridized carbons (Fsp3) is 0.250. The highest BCUT2D eigenvalue weighted by molar-refractivity contribution is 7.89. The van der Waals surface area contributed by atoms with E-state index in [1.807, 2.05) is 0 Å². The van der Waals surface area contributed by atoms with Gasteiger partial charge in [-0.3, -0.25) is 0 Å². The van der Waals surface area contributed by atoms with Gasteiger partial charge in [0, 0.05) is 11.5 Å². The number of sulfonamides is 1. The topological polar surface area (TPSA) is 109 Å². The van der Waals surface area contributed by atoms with E-state index >= 15 is 0 Å². The Kier molecular flexibility index (Phi) is 3.96. The predicted molar refractivity (Wildman–Crippen MR) is 69.7 cm³/mol. The molecule has 0 aliphatic carbocycles. The number of nitrogens with two attached hydrogens (primary N) is 1. The van der Waals surface area contributed by atoms with Crippen LogP contribution in [0.3, 0.4) is 0 Å². The number of esters is 1. The number of rotatable bonds is 5. The van der Waals surface area contributed by atoms with Gasteiger partial charge in [0.05, 0.1) is 6.61 Å². The van der Waals surface area contributed by atoms with E-state index in [0.29, 0.717) is 5.39 Å². The molecule has 1 aromatic heterocycles. The zero-order valence-corrected chi connectivity index (χ0v) is 11.5. The molecule has 2 aromatic rings. The van der Waals surface area contributed by atoms with Crippen molar-refractivity contribution in [1.29, 1.82) is 0 Å². The highest BCUT2D eigenvalue weighted by atomic mass is 32.2. The van der Waals surface area contributed by atoms with E-state index in [4.69, 9.17) is 19.0 Å². The van der Waals surface area contributed by atoms with Gasteiger partial charge < -0.3 is 13.9 Å². The van der Waals surface area contributed by atoms with E-state index in [2.05, 4.69) is 0 Å². The first-order valence-corrected chi connectivity index (χ1v) is 7.30. The van der Waals surface area contributed by atoms with Crippen LogP contribution in [-0.4, -0.2) is 27.6 Å². The van der Waals surface area contributed by atoms with E-state index in [0.717, 1.165) is 0 Å². The molecular formula is C12H13NO6S. The number of benzene rings is 1. The molecule has 0 aliphatic heterocycles. The van der Waals surface area contributed by atoms with Crippen LogP contribution >= 0.6 is 0 Å². The van der Waals surface area contributed by atoms with Crippen molar-refractivity contribution in [3.63, 3.8) is 0 Å². The zero-order chi connectivity index (χ0) is 14.8. The van der Waals surface area contributed by atoms with Gasteiger partial charge in [-0.05, 0) is 13.0 Å². The van der Waals surface area contributed by atoms with Crippen molar-refractivity contribution in [3.8, 4) is 5.75 Å². The Morgan fingerprint density at radius 2 is 2.15 bits per heavy atom. The predicted octanol–water partition coefficient (Wildman–Crippen LogP) is 1.02. The van der Waals surface area contributed by atoms with Crippen LogP contribution in [0.25, 0.3) is 11.0 Å². The van der Waals surface area contributed by atoms with Crippen LogP contribution in [0.5, 0.6) is 5.75 Å². The van der Waals surface area contributed by atoms with E-state index < -0.39 is 16.0 Å². The number of furan rings is 1. The molecule has 0 saturated carbocycles. The minimum Gasteiger partial charge on any atom is -0.478 e. The summed E-state index contributed by atoms with van der Waals surface area (Å²) in [6.45, 7) is 1.64. The molecule has 0 atom stereocenters. The first-order chi connectivity index (χ1) is 9.41. The number of ether oxygens (including phenoxy) is 2. The minimum absolute atomic E-state index is 0.209. The molecule has 0 unspecified atom stereocenters. The van der Waals surface area contributed by atoms with Gasteiger partial charge >= 0.3 is 5.97 Å². The molecule has 0 spiro atoms. The van der Waals surface area contributed by atoms with E-state index in [9.17, 15) is 13.2 Å². The van der Waals surface area contributed by atoms with Gasteiger partial charge in [0.25, 0.3) is 10.0 Å².